The summed E-state index contributed by atoms with van der Waals surface area (Å²) in [6, 6.07) is 14.2. The van der Waals surface area contributed by atoms with Crippen LogP contribution in [0, 0.1) is 0 Å². The summed E-state index contributed by atoms with van der Waals surface area (Å²) < 4.78 is 11.1. The van der Waals surface area contributed by atoms with Gasteiger partial charge in [-0.05, 0) is 48.4 Å². The molecular formula is C24H28N2O7. The number of benzene rings is 2. The Bertz CT molecular complexity index is 1050. The van der Waals surface area contributed by atoms with E-state index >= 15 is 0 Å². The molecular weight excluding hydrogens is 428 g/mol. The number of carbonyl (C=O) groups is 1. The van der Waals surface area contributed by atoms with Gasteiger partial charge in [-0.15, -0.1) is 0 Å². The van der Waals surface area contributed by atoms with E-state index in [4.69, 9.17) is 9.47 Å². The van der Waals surface area contributed by atoms with E-state index in [9.17, 15) is 25.2 Å². The van der Waals surface area contributed by atoms with Crippen LogP contribution >= 0.6 is 0 Å². The maximum Gasteiger partial charge on any atom is 0.335 e. The number of likely N-dealkylation sites (N-methyl/N-ethyl adjacent to an activating group) is 1. The number of rotatable bonds is 3. The number of carboxylic acids is 1. The Morgan fingerprint density at radius 3 is 2.61 bits per heavy atom. The van der Waals surface area contributed by atoms with Crippen LogP contribution in [-0.4, -0.2) is 88.7 Å². The Morgan fingerprint density at radius 2 is 1.82 bits per heavy atom. The van der Waals surface area contributed by atoms with Crippen molar-refractivity contribution in [3.8, 4) is 5.75 Å². The van der Waals surface area contributed by atoms with Crippen LogP contribution in [0.4, 0.5) is 5.69 Å². The maximum atomic E-state index is 11.4. The number of anilines is 1. The van der Waals surface area contributed by atoms with Crippen LogP contribution in [0.3, 0.4) is 0 Å². The second kappa shape index (κ2) is 8.58. The zero-order chi connectivity index (χ0) is 23.3. The number of para-hydroxylation sites is 1. The van der Waals surface area contributed by atoms with Crippen LogP contribution in [0.1, 0.15) is 22.7 Å². The lowest BCUT2D eigenvalue weighted by Crippen LogP contribution is -2.61. The standard InChI is InChI=1S/C24H28N2O7/c1-25-8-9-26-17-5-3-2-4-13(17)10-14-11-15(6-7-16(14)18(26)12-25)32-24-21(29)19(27)20(28)22(33-24)23(30)31/h2-7,11,18-22,24,27-29H,8-10,12H2,1H3,(H,30,31)/t18-,19+,20+,21-,22+,24-/m0/s1. The van der Waals surface area contributed by atoms with E-state index in [2.05, 4.69) is 35.0 Å². The van der Waals surface area contributed by atoms with Crippen LogP contribution in [0.2, 0.25) is 0 Å². The van der Waals surface area contributed by atoms with Gasteiger partial charge in [0.2, 0.25) is 6.29 Å². The Kier molecular flexibility index (Phi) is 5.75. The van der Waals surface area contributed by atoms with Gasteiger partial charge < -0.3 is 39.7 Å². The number of piperazine rings is 1. The van der Waals surface area contributed by atoms with Crippen molar-refractivity contribution in [1.29, 1.82) is 0 Å². The number of hydrogen-bond acceptors (Lipinski definition) is 8. The molecule has 2 saturated heterocycles. The van der Waals surface area contributed by atoms with Gasteiger partial charge in [-0.3, -0.25) is 0 Å². The van der Waals surface area contributed by atoms with Crippen LogP contribution in [0.25, 0.3) is 0 Å². The molecule has 2 aromatic carbocycles. The molecule has 0 unspecified atom stereocenters. The van der Waals surface area contributed by atoms with Crippen molar-refractivity contribution in [2.75, 3.05) is 31.6 Å². The number of fused-ring (bicyclic) bond motifs is 5. The van der Waals surface area contributed by atoms with Gasteiger partial charge in [0.25, 0.3) is 0 Å². The monoisotopic (exact) mass is 456 g/mol. The van der Waals surface area contributed by atoms with Crippen molar-refractivity contribution < 1.29 is 34.7 Å². The molecule has 0 aliphatic carbocycles. The second-order valence-electron chi connectivity index (χ2n) is 8.99. The van der Waals surface area contributed by atoms with Crippen molar-refractivity contribution >= 4 is 11.7 Å². The number of carboxylic acid groups (broad SMARTS) is 1. The normalized spacial score (nSPS) is 31.7. The number of aliphatic carboxylic acids is 1. The molecule has 0 amide bonds. The minimum Gasteiger partial charge on any atom is -0.479 e. The minimum atomic E-state index is -1.75. The zero-order valence-corrected chi connectivity index (χ0v) is 18.2. The highest BCUT2D eigenvalue weighted by atomic mass is 16.7. The first-order valence-electron chi connectivity index (χ1n) is 11.1. The van der Waals surface area contributed by atoms with Crippen molar-refractivity contribution in [1.82, 2.24) is 4.90 Å². The van der Waals surface area contributed by atoms with Gasteiger partial charge in [0.05, 0.1) is 6.04 Å². The van der Waals surface area contributed by atoms with E-state index in [0.29, 0.717) is 12.2 Å². The number of nitrogens with zero attached hydrogens (tertiary/aromatic N) is 2. The van der Waals surface area contributed by atoms with Crippen LogP contribution in [0.5, 0.6) is 5.75 Å². The van der Waals surface area contributed by atoms with Crippen LogP contribution in [-0.2, 0) is 16.0 Å². The molecule has 0 bridgehead atoms. The van der Waals surface area contributed by atoms with E-state index in [0.717, 1.165) is 25.2 Å². The van der Waals surface area contributed by atoms with Gasteiger partial charge in [0.1, 0.15) is 24.1 Å². The van der Waals surface area contributed by atoms with Gasteiger partial charge >= 0.3 is 5.97 Å². The van der Waals surface area contributed by atoms with Crippen LogP contribution < -0.4 is 9.64 Å². The topological polar surface area (TPSA) is 123 Å². The molecule has 3 aliphatic rings. The van der Waals surface area contributed by atoms with Crippen LogP contribution in [0.15, 0.2) is 42.5 Å². The quantitative estimate of drug-likeness (QED) is 0.518. The number of aliphatic hydroxyl groups excluding tert-OH is 3. The lowest BCUT2D eigenvalue weighted by molar-refractivity contribution is -0.271. The van der Waals surface area contributed by atoms with E-state index in [1.165, 1.54) is 16.8 Å². The predicted octanol–water partition coefficient (Wildman–Crippen LogP) is 0.355. The zero-order valence-electron chi connectivity index (χ0n) is 18.2. The Hall–Kier alpha value is -2.69. The molecule has 5 rings (SSSR count). The fraction of sp³-hybridized carbons (Fsp3) is 0.458. The number of hydrogen-bond donors (Lipinski definition) is 4. The van der Waals surface area contributed by atoms with Crippen molar-refractivity contribution in [3.63, 3.8) is 0 Å². The highest BCUT2D eigenvalue weighted by molar-refractivity contribution is 5.73. The lowest BCUT2D eigenvalue weighted by Gasteiger charge is -2.42. The Balaban J connectivity index is 1.46. The van der Waals surface area contributed by atoms with E-state index < -0.39 is 36.7 Å². The molecule has 4 N–H and O–H groups in total. The van der Waals surface area contributed by atoms with E-state index in [1.807, 2.05) is 18.2 Å². The first kappa shape index (κ1) is 22.1. The predicted molar refractivity (Wildman–Crippen MR) is 118 cm³/mol. The molecule has 33 heavy (non-hydrogen) atoms. The Labute approximate surface area is 191 Å². The molecule has 2 aromatic rings. The van der Waals surface area contributed by atoms with Gasteiger partial charge in [-0.2, -0.15) is 0 Å². The van der Waals surface area contributed by atoms with Gasteiger partial charge in [0.15, 0.2) is 6.10 Å². The summed E-state index contributed by atoms with van der Waals surface area (Å²) in [5.41, 5.74) is 4.70. The highest BCUT2D eigenvalue weighted by Crippen LogP contribution is 2.40. The number of aliphatic hydroxyl groups is 3. The minimum absolute atomic E-state index is 0.182. The summed E-state index contributed by atoms with van der Waals surface area (Å²) in [5, 5.41) is 39.5. The lowest BCUT2D eigenvalue weighted by atomic mass is 9.95. The maximum absolute atomic E-state index is 11.4. The molecule has 0 radical (unpaired) electrons. The van der Waals surface area contributed by atoms with Gasteiger partial charge in [-0.25, -0.2) is 4.79 Å². The summed E-state index contributed by atoms with van der Waals surface area (Å²) in [5.74, 6) is -1.05. The SMILES string of the molecule is CN1CCN2c3ccccc3Cc3cc(O[C@H]4O[C@@H](C(=O)O)[C@H](O)[C@@H](O)[C@@H]4O)ccc3[C@@H]2C1. The largest absolute Gasteiger partial charge is 0.479 e. The average molecular weight is 456 g/mol. The third kappa shape index (κ3) is 3.96. The summed E-state index contributed by atoms with van der Waals surface area (Å²) >= 11 is 0. The van der Waals surface area contributed by atoms with Crippen molar-refractivity contribution in [2.24, 2.45) is 0 Å². The molecule has 6 atom stereocenters. The highest BCUT2D eigenvalue weighted by Gasteiger charge is 2.48. The van der Waals surface area contributed by atoms with E-state index in [-0.39, 0.29) is 6.04 Å². The van der Waals surface area contributed by atoms with Gasteiger partial charge in [0, 0.05) is 25.3 Å². The third-order valence-electron chi connectivity index (χ3n) is 6.80. The molecule has 2 fully saturated rings. The molecule has 0 spiro atoms. The molecule has 0 saturated carbocycles. The fourth-order valence-electron chi connectivity index (χ4n) is 5.04. The smallest absolute Gasteiger partial charge is 0.335 e. The Morgan fingerprint density at radius 1 is 1.03 bits per heavy atom. The summed E-state index contributed by atoms with van der Waals surface area (Å²) in [6.07, 6.45) is -7.49. The van der Waals surface area contributed by atoms with Gasteiger partial charge in [-0.1, -0.05) is 24.3 Å². The molecule has 3 aliphatic heterocycles. The fourth-order valence-corrected chi connectivity index (χ4v) is 5.04. The summed E-state index contributed by atoms with van der Waals surface area (Å²) in [6.45, 7) is 2.79. The second-order valence-corrected chi connectivity index (χ2v) is 8.99. The first-order valence-corrected chi connectivity index (χ1v) is 11.1. The third-order valence-corrected chi connectivity index (χ3v) is 6.80. The molecule has 9 nitrogen and oxygen atoms in total. The summed E-state index contributed by atoms with van der Waals surface area (Å²) in [4.78, 5) is 16.1. The summed E-state index contributed by atoms with van der Waals surface area (Å²) in [7, 11) is 2.12. The number of ether oxygens (including phenoxy) is 2. The molecule has 9 heteroatoms. The molecule has 0 aromatic heterocycles. The first-order chi connectivity index (χ1) is 15.8. The molecule has 176 valence electrons. The average Bonchev–Trinajstić information content (AvgIpc) is 2.93. The van der Waals surface area contributed by atoms with Crippen molar-refractivity contribution in [3.05, 3.63) is 59.2 Å². The molecule has 3 heterocycles. The van der Waals surface area contributed by atoms with Crippen molar-refractivity contribution in [2.45, 2.75) is 43.2 Å². The van der Waals surface area contributed by atoms with E-state index in [1.54, 1.807) is 6.07 Å².